The molecule has 4 nitrogen and oxygen atoms in total. The number of hydrogen-bond donors (Lipinski definition) is 1. The van der Waals surface area contributed by atoms with Crippen LogP contribution in [0.3, 0.4) is 0 Å². The quantitative estimate of drug-likeness (QED) is 0.854. The third kappa shape index (κ3) is 1.59. The molecule has 0 bridgehead atoms. The van der Waals surface area contributed by atoms with Gasteiger partial charge in [-0.2, -0.15) is 0 Å². The second kappa shape index (κ2) is 3.95. The van der Waals surface area contributed by atoms with Crippen molar-refractivity contribution in [3.8, 4) is 0 Å². The number of aromatic carboxylic acids is 1. The Kier molecular flexibility index (Phi) is 2.49. The first-order chi connectivity index (χ1) is 9.00. The molecule has 3 rings (SSSR count). The van der Waals surface area contributed by atoms with E-state index in [0.29, 0.717) is 5.39 Å². The molecule has 0 spiro atoms. The average Bonchev–Trinajstić information content (AvgIpc) is 2.36. The number of rotatable bonds is 1. The number of aromatic nitrogens is 1. The SMILES string of the molecule is Cc1ccc2c3c1c(=O)c(C(=O)O)cn3C(C)CC2. The highest BCUT2D eigenvalue weighted by Crippen LogP contribution is 2.31. The number of nitrogens with zero attached hydrogens (tertiary/aromatic N) is 1. The Labute approximate surface area is 110 Å². The van der Waals surface area contributed by atoms with Gasteiger partial charge in [-0.15, -0.1) is 0 Å². The second-order valence-electron chi connectivity index (χ2n) is 5.24. The summed E-state index contributed by atoms with van der Waals surface area (Å²) in [4.78, 5) is 23.6. The Hall–Kier alpha value is -2.10. The Balaban J connectivity index is 2.57. The maximum Gasteiger partial charge on any atom is 0.341 e. The van der Waals surface area contributed by atoms with Crippen molar-refractivity contribution in [3.63, 3.8) is 0 Å². The predicted molar refractivity (Wildman–Crippen MR) is 72.9 cm³/mol. The zero-order valence-corrected chi connectivity index (χ0v) is 10.9. The average molecular weight is 257 g/mol. The standard InChI is InChI=1S/C15H15NO3/c1-8-3-5-10-6-4-9(2)16-7-11(15(18)19)14(17)12(8)13(10)16/h3,5,7,9H,4,6H2,1-2H3,(H,18,19). The number of carboxylic acid groups (broad SMARTS) is 1. The van der Waals surface area contributed by atoms with Gasteiger partial charge in [-0.25, -0.2) is 4.79 Å². The topological polar surface area (TPSA) is 59.3 Å². The molecule has 1 aliphatic heterocycles. The van der Waals surface area contributed by atoms with E-state index in [1.807, 2.05) is 23.6 Å². The fourth-order valence-electron chi connectivity index (χ4n) is 2.92. The number of hydrogen-bond acceptors (Lipinski definition) is 2. The lowest BCUT2D eigenvalue weighted by molar-refractivity contribution is 0.0694. The van der Waals surface area contributed by atoms with Crippen molar-refractivity contribution in [3.05, 3.63) is 45.2 Å². The highest BCUT2D eigenvalue weighted by Gasteiger charge is 2.23. The molecule has 19 heavy (non-hydrogen) atoms. The van der Waals surface area contributed by atoms with E-state index in [1.165, 1.54) is 6.20 Å². The first-order valence-corrected chi connectivity index (χ1v) is 6.41. The Morgan fingerprint density at radius 2 is 2.16 bits per heavy atom. The summed E-state index contributed by atoms with van der Waals surface area (Å²) in [5.41, 5.74) is 2.38. The molecule has 1 unspecified atom stereocenters. The van der Waals surface area contributed by atoms with Crippen LogP contribution in [0.2, 0.25) is 0 Å². The molecular formula is C15H15NO3. The second-order valence-corrected chi connectivity index (χ2v) is 5.24. The van der Waals surface area contributed by atoms with E-state index in [9.17, 15) is 14.7 Å². The van der Waals surface area contributed by atoms with Crippen LogP contribution in [0.4, 0.5) is 0 Å². The molecule has 1 N–H and O–H groups in total. The van der Waals surface area contributed by atoms with E-state index in [1.54, 1.807) is 0 Å². The van der Waals surface area contributed by atoms with Crippen molar-refractivity contribution < 1.29 is 9.90 Å². The van der Waals surface area contributed by atoms with Crippen LogP contribution in [0.15, 0.2) is 23.1 Å². The van der Waals surface area contributed by atoms with Gasteiger partial charge in [-0.3, -0.25) is 4.79 Å². The van der Waals surface area contributed by atoms with E-state index in [0.717, 1.165) is 29.5 Å². The summed E-state index contributed by atoms with van der Waals surface area (Å²) < 4.78 is 1.95. The maximum atomic E-state index is 12.3. The Morgan fingerprint density at radius 3 is 2.84 bits per heavy atom. The molecule has 2 heterocycles. The Bertz CT molecular complexity index is 758. The highest BCUT2D eigenvalue weighted by atomic mass is 16.4. The molecule has 1 aromatic carbocycles. The summed E-state index contributed by atoms with van der Waals surface area (Å²) in [5, 5.41) is 9.76. The number of carboxylic acids is 1. The lowest BCUT2D eigenvalue weighted by atomic mass is 9.94. The van der Waals surface area contributed by atoms with Gasteiger partial charge in [0.05, 0.1) is 5.52 Å². The first kappa shape index (κ1) is 12.0. The summed E-state index contributed by atoms with van der Waals surface area (Å²) in [7, 11) is 0. The largest absolute Gasteiger partial charge is 0.477 e. The van der Waals surface area contributed by atoms with Crippen LogP contribution in [-0.2, 0) is 6.42 Å². The third-order valence-corrected chi connectivity index (χ3v) is 4.00. The van der Waals surface area contributed by atoms with Crippen LogP contribution >= 0.6 is 0 Å². The fourth-order valence-corrected chi connectivity index (χ4v) is 2.92. The number of pyridine rings is 1. The van der Waals surface area contributed by atoms with Crippen molar-refractivity contribution in [2.75, 3.05) is 0 Å². The van der Waals surface area contributed by atoms with Gasteiger partial charge < -0.3 is 9.67 Å². The van der Waals surface area contributed by atoms with E-state index in [-0.39, 0.29) is 17.0 Å². The van der Waals surface area contributed by atoms with Gasteiger partial charge in [0, 0.05) is 17.6 Å². The van der Waals surface area contributed by atoms with E-state index >= 15 is 0 Å². The van der Waals surface area contributed by atoms with Crippen molar-refractivity contribution in [2.45, 2.75) is 32.7 Å². The summed E-state index contributed by atoms with van der Waals surface area (Å²) >= 11 is 0. The van der Waals surface area contributed by atoms with Gasteiger partial charge in [0.15, 0.2) is 0 Å². The molecule has 0 aliphatic carbocycles. The summed E-state index contributed by atoms with van der Waals surface area (Å²) in [6.07, 6.45) is 3.40. The minimum atomic E-state index is -1.15. The Morgan fingerprint density at radius 1 is 1.42 bits per heavy atom. The molecule has 1 atom stereocenters. The van der Waals surface area contributed by atoms with Gasteiger partial charge in [0.2, 0.25) is 5.43 Å². The number of carbonyl (C=O) groups is 1. The first-order valence-electron chi connectivity index (χ1n) is 6.41. The lowest BCUT2D eigenvalue weighted by Gasteiger charge is -2.26. The van der Waals surface area contributed by atoms with Crippen molar-refractivity contribution in [1.82, 2.24) is 4.57 Å². The third-order valence-electron chi connectivity index (χ3n) is 4.00. The van der Waals surface area contributed by atoms with E-state index in [4.69, 9.17) is 0 Å². The fraction of sp³-hybridized carbons (Fsp3) is 0.333. The molecule has 98 valence electrons. The maximum absolute atomic E-state index is 12.3. The molecule has 2 aromatic rings. The smallest absolute Gasteiger partial charge is 0.341 e. The van der Waals surface area contributed by atoms with Crippen molar-refractivity contribution in [2.24, 2.45) is 0 Å². The molecule has 0 saturated heterocycles. The van der Waals surface area contributed by atoms with Crippen LogP contribution in [0.1, 0.15) is 40.9 Å². The molecule has 0 amide bonds. The molecule has 0 saturated carbocycles. The zero-order chi connectivity index (χ0) is 13.7. The van der Waals surface area contributed by atoms with Crippen LogP contribution in [0.5, 0.6) is 0 Å². The predicted octanol–water partition coefficient (Wildman–Crippen LogP) is 2.52. The normalized spacial score (nSPS) is 17.7. The molecule has 1 aromatic heterocycles. The van der Waals surface area contributed by atoms with Crippen LogP contribution in [0.25, 0.3) is 10.9 Å². The lowest BCUT2D eigenvalue weighted by Crippen LogP contribution is -2.24. The van der Waals surface area contributed by atoms with Crippen molar-refractivity contribution >= 4 is 16.9 Å². The van der Waals surface area contributed by atoms with Gasteiger partial charge in [-0.1, -0.05) is 12.1 Å². The van der Waals surface area contributed by atoms with Gasteiger partial charge in [-0.05, 0) is 37.8 Å². The van der Waals surface area contributed by atoms with Gasteiger partial charge >= 0.3 is 5.97 Å². The van der Waals surface area contributed by atoms with Crippen LogP contribution < -0.4 is 5.43 Å². The molecular weight excluding hydrogens is 242 g/mol. The number of aryl methyl sites for hydroxylation is 2. The minimum absolute atomic E-state index is 0.137. The highest BCUT2D eigenvalue weighted by molar-refractivity contribution is 5.94. The molecule has 0 radical (unpaired) electrons. The monoisotopic (exact) mass is 257 g/mol. The molecule has 0 fully saturated rings. The van der Waals surface area contributed by atoms with Gasteiger partial charge in [0.25, 0.3) is 0 Å². The number of benzene rings is 1. The summed E-state index contributed by atoms with van der Waals surface area (Å²) in [6, 6.07) is 4.17. The molecule has 4 heteroatoms. The van der Waals surface area contributed by atoms with E-state index in [2.05, 4.69) is 6.92 Å². The summed E-state index contributed by atoms with van der Waals surface area (Å²) in [5.74, 6) is -1.15. The molecule has 1 aliphatic rings. The van der Waals surface area contributed by atoms with E-state index < -0.39 is 5.97 Å². The van der Waals surface area contributed by atoms with Gasteiger partial charge in [0.1, 0.15) is 5.56 Å². The minimum Gasteiger partial charge on any atom is -0.477 e. The zero-order valence-electron chi connectivity index (χ0n) is 10.9. The van der Waals surface area contributed by atoms with Crippen molar-refractivity contribution in [1.29, 1.82) is 0 Å². The van der Waals surface area contributed by atoms with Crippen LogP contribution in [-0.4, -0.2) is 15.6 Å². The summed E-state index contributed by atoms with van der Waals surface area (Å²) in [6.45, 7) is 3.91. The van der Waals surface area contributed by atoms with Crippen LogP contribution in [0, 0.1) is 6.92 Å².